The van der Waals surface area contributed by atoms with Crippen LogP contribution in [0.5, 0.6) is 5.75 Å². The summed E-state index contributed by atoms with van der Waals surface area (Å²) in [6.45, 7) is 6.69. The summed E-state index contributed by atoms with van der Waals surface area (Å²) in [4.78, 5) is 30.3. The number of nitrogens with zero attached hydrogens (tertiary/aromatic N) is 4. The van der Waals surface area contributed by atoms with Crippen LogP contribution in [0.4, 0.5) is 15.8 Å². The second-order valence-electron chi connectivity index (χ2n) is 8.44. The fourth-order valence-electron chi connectivity index (χ4n) is 3.17. The first-order valence-corrected chi connectivity index (χ1v) is 11.3. The van der Waals surface area contributed by atoms with E-state index in [4.69, 9.17) is 4.74 Å². The van der Waals surface area contributed by atoms with Gasteiger partial charge in [0.25, 0.3) is 0 Å². The molecule has 3 aromatic rings. The van der Waals surface area contributed by atoms with Gasteiger partial charge >= 0.3 is 0 Å². The summed E-state index contributed by atoms with van der Waals surface area (Å²) in [6.07, 6.45) is 3.11. The van der Waals surface area contributed by atoms with E-state index in [9.17, 15) is 14.0 Å². The maximum Gasteiger partial charge on any atom is 0.244 e. The number of halogens is 1. The Labute approximate surface area is 204 Å². The molecule has 10 heteroatoms. The van der Waals surface area contributed by atoms with Crippen molar-refractivity contribution in [3.8, 4) is 5.75 Å². The van der Waals surface area contributed by atoms with Crippen LogP contribution >= 0.6 is 0 Å². The summed E-state index contributed by atoms with van der Waals surface area (Å²) < 4.78 is 20.3. The van der Waals surface area contributed by atoms with E-state index < -0.39 is 5.95 Å². The molecule has 0 bridgehead atoms. The lowest BCUT2D eigenvalue weighted by Crippen LogP contribution is -2.33. The molecule has 186 valence electrons. The van der Waals surface area contributed by atoms with E-state index >= 15 is 0 Å². The van der Waals surface area contributed by atoms with Crippen molar-refractivity contribution in [3.05, 3.63) is 66.0 Å². The normalized spacial score (nSPS) is 11.6. The molecule has 0 aliphatic carbocycles. The van der Waals surface area contributed by atoms with E-state index in [1.165, 1.54) is 16.9 Å². The molecule has 2 aromatic heterocycles. The number of nitrogens with one attached hydrogen (secondary N) is 2. The Balaban J connectivity index is 1.41. The molecule has 2 N–H and O–H groups in total. The van der Waals surface area contributed by atoms with Crippen molar-refractivity contribution in [1.82, 2.24) is 19.7 Å². The Hall–Kier alpha value is -3.95. The summed E-state index contributed by atoms with van der Waals surface area (Å²) in [5, 5.41) is 10.1. The lowest BCUT2D eigenvalue weighted by atomic mass is 10.1. The highest BCUT2D eigenvalue weighted by Crippen LogP contribution is 2.14. The van der Waals surface area contributed by atoms with Gasteiger partial charge in [0, 0.05) is 19.8 Å². The molecule has 0 saturated heterocycles. The minimum atomic E-state index is -0.545. The molecule has 3 rings (SSSR count). The van der Waals surface area contributed by atoms with Crippen molar-refractivity contribution in [1.29, 1.82) is 0 Å². The Morgan fingerprint density at radius 2 is 1.91 bits per heavy atom. The third-order valence-electron chi connectivity index (χ3n) is 5.44. The number of amides is 2. The van der Waals surface area contributed by atoms with Gasteiger partial charge in [-0.05, 0) is 38.1 Å². The van der Waals surface area contributed by atoms with Crippen LogP contribution < -0.4 is 15.4 Å². The van der Waals surface area contributed by atoms with Crippen LogP contribution in [0, 0.1) is 25.7 Å². The van der Waals surface area contributed by atoms with Gasteiger partial charge in [-0.3, -0.25) is 14.3 Å². The SMILES string of the molecule is Cc1ccc(OCCN(C)C(=O)Cn2cc(NC(=O)[C@@H](C)CNc3ccc(F)nc3C)cn2)cc1. The number of anilines is 2. The molecule has 2 heterocycles. The van der Waals surface area contributed by atoms with Gasteiger partial charge < -0.3 is 20.3 Å². The monoisotopic (exact) mass is 482 g/mol. The highest BCUT2D eigenvalue weighted by atomic mass is 19.1. The van der Waals surface area contributed by atoms with Gasteiger partial charge in [-0.15, -0.1) is 0 Å². The predicted molar refractivity (Wildman–Crippen MR) is 132 cm³/mol. The Kier molecular flexibility index (Phi) is 8.77. The number of aryl methyl sites for hydroxylation is 2. The first kappa shape index (κ1) is 25.7. The smallest absolute Gasteiger partial charge is 0.244 e. The molecular formula is C25H31FN6O3. The van der Waals surface area contributed by atoms with Crippen LogP contribution in [0.15, 0.2) is 48.8 Å². The zero-order valence-electron chi connectivity index (χ0n) is 20.4. The van der Waals surface area contributed by atoms with Gasteiger partial charge in [0.1, 0.15) is 18.9 Å². The number of aromatic nitrogens is 3. The number of carbonyl (C=O) groups excluding carboxylic acids is 2. The maximum atomic E-state index is 13.1. The largest absolute Gasteiger partial charge is 0.492 e. The van der Waals surface area contributed by atoms with Crippen molar-refractivity contribution in [2.75, 3.05) is 37.4 Å². The number of hydrogen-bond donors (Lipinski definition) is 2. The molecule has 0 radical (unpaired) electrons. The zero-order chi connectivity index (χ0) is 25.4. The zero-order valence-corrected chi connectivity index (χ0v) is 20.4. The molecule has 0 spiro atoms. The number of benzene rings is 1. The van der Waals surface area contributed by atoms with Gasteiger partial charge in [0.05, 0.1) is 35.7 Å². The van der Waals surface area contributed by atoms with E-state index in [1.54, 1.807) is 38.1 Å². The van der Waals surface area contributed by atoms with Gasteiger partial charge in [-0.1, -0.05) is 24.6 Å². The van der Waals surface area contributed by atoms with Crippen molar-refractivity contribution < 1.29 is 18.7 Å². The molecule has 35 heavy (non-hydrogen) atoms. The molecular weight excluding hydrogens is 451 g/mol. The highest BCUT2D eigenvalue weighted by Gasteiger charge is 2.16. The van der Waals surface area contributed by atoms with Crippen LogP contribution in [0.25, 0.3) is 0 Å². The third kappa shape index (κ3) is 7.80. The van der Waals surface area contributed by atoms with Crippen molar-refractivity contribution >= 4 is 23.2 Å². The maximum absolute atomic E-state index is 13.1. The van der Waals surface area contributed by atoms with Crippen molar-refractivity contribution in [2.45, 2.75) is 27.3 Å². The molecule has 1 aromatic carbocycles. The number of likely N-dealkylation sites (N-methyl/N-ethyl adjacent to an activating group) is 1. The summed E-state index contributed by atoms with van der Waals surface area (Å²) in [7, 11) is 1.71. The average Bonchev–Trinajstić information content (AvgIpc) is 3.26. The van der Waals surface area contributed by atoms with Gasteiger partial charge in [-0.2, -0.15) is 9.49 Å². The van der Waals surface area contributed by atoms with Gasteiger partial charge in [0.15, 0.2) is 0 Å². The fraction of sp³-hybridized carbons (Fsp3) is 0.360. The van der Waals surface area contributed by atoms with E-state index in [0.717, 1.165) is 11.3 Å². The standard InChI is InChI=1S/C25H31FN6O3/c1-17-5-7-21(8-6-17)35-12-11-31(4)24(33)16-32-15-20(14-28-32)30-25(34)18(2)13-27-22-9-10-23(26)29-19(22)3/h5-10,14-15,18,27H,11-13,16H2,1-4H3,(H,30,34)/t18-/m0/s1. The first-order chi connectivity index (χ1) is 16.7. The number of hydrogen-bond acceptors (Lipinski definition) is 6. The van der Waals surface area contributed by atoms with E-state index in [-0.39, 0.29) is 24.3 Å². The number of rotatable bonds is 11. The number of pyridine rings is 1. The molecule has 2 amide bonds. The van der Waals surface area contributed by atoms with Crippen LogP contribution in [0.1, 0.15) is 18.2 Å². The van der Waals surface area contributed by atoms with E-state index in [1.807, 2.05) is 31.2 Å². The van der Waals surface area contributed by atoms with Gasteiger partial charge in [0.2, 0.25) is 17.8 Å². The predicted octanol–water partition coefficient (Wildman–Crippen LogP) is 3.26. The Bertz CT molecular complexity index is 1150. The first-order valence-electron chi connectivity index (χ1n) is 11.3. The molecule has 0 aliphatic rings. The van der Waals surface area contributed by atoms with Crippen LogP contribution in [-0.4, -0.2) is 58.2 Å². The molecule has 0 aliphatic heterocycles. The lowest BCUT2D eigenvalue weighted by Gasteiger charge is -2.17. The average molecular weight is 483 g/mol. The number of carbonyl (C=O) groups is 2. The molecule has 0 unspecified atom stereocenters. The molecule has 0 fully saturated rings. The van der Waals surface area contributed by atoms with Gasteiger partial charge in [-0.25, -0.2) is 4.98 Å². The van der Waals surface area contributed by atoms with Crippen LogP contribution in [-0.2, 0) is 16.1 Å². The van der Waals surface area contributed by atoms with Crippen LogP contribution in [0.3, 0.4) is 0 Å². The van der Waals surface area contributed by atoms with E-state index in [0.29, 0.717) is 36.8 Å². The lowest BCUT2D eigenvalue weighted by molar-refractivity contribution is -0.131. The highest BCUT2D eigenvalue weighted by molar-refractivity contribution is 5.92. The minimum absolute atomic E-state index is 0.0465. The summed E-state index contributed by atoms with van der Waals surface area (Å²) in [5.74, 6) is -0.487. The van der Waals surface area contributed by atoms with Crippen LogP contribution in [0.2, 0.25) is 0 Å². The quantitative estimate of drug-likeness (QED) is 0.407. The molecule has 9 nitrogen and oxygen atoms in total. The van der Waals surface area contributed by atoms with Crippen molar-refractivity contribution in [3.63, 3.8) is 0 Å². The summed E-state index contributed by atoms with van der Waals surface area (Å²) in [5.41, 5.74) is 2.85. The molecule has 1 atom stereocenters. The summed E-state index contributed by atoms with van der Waals surface area (Å²) in [6, 6.07) is 10.6. The Morgan fingerprint density at radius 3 is 2.63 bits per heavy atom. The summed E-state index contributed by atoms with van der Waals surface area (Å²) >= 11 is 0. The van der Waals surface area contributed by atoms with Crippen molar-refractivity contribution in [2.24, 2.45) is 5.92 Å². The molecule has 0 saturated carbocycles. The Morgan fingerprint density at radius 1 is 1.17 bits per heavy atom. The topological polar surface area (TPSA) is 101 Å². The van der Waals surface area contributed by atoms with E-state index in [2.05, 4.69) is 20.7 Å². The second-order valence-corrected chi connectivity index (χ2v) is 8.44. The second kappa shape index (κ2) is 12.0. The number of ether oxygens (including phenoxy) is 1. The third-order valence-corrected chi connectivity index (χ3v) is 5.44. The minimum Gasteiger partial charge on any atom is -0.492 e. The fourth-order valence-corrected chi connectivity index (χ4v) is 3.17.